The maximum absolute atomic E-state index is 13.9. The number of ketones is 2. The Balaban J connectivity index is 1.58. The lowest BCUT2D eigenvalue weighted by Crippen LogP contribution is -2.65. The van der Waals surface area contributed by atoms with Gasteiger partial charge in [-0.2, -0.15) is 13.2 Å². The lowest BCUT2D eigenvalue weighted by molar-refractivity contribution is -0.228. The minimum Gasteiger partial charge on any atom is -0.393 e. The van der Waals surface area contributed by atoms with Crippen molar-refractivity contribution in [3.8, 4) is 0 Å². The molecule has 1 N–H and O–H groups in total. The fourth-order valence-corrected chi connectivity index (χ4v) is 11.5. The van der Waals surface area contributed by atoms with Crippen LogP contribution in [0.15, 0.2) is 11.1 Å². The summed E-state index contributed by atoms with van der Waals surface area (Å²) in [6, 6.07) is 0. The van der Waals surface area contributed by atoms with Gasteiger partial charge in [0.05, 0.1) is 17.4 Å². The van der Waals surface area contributed by atoms with E-state index in [9.17, 15) is 27.9 Å². The van der Waals surface area contributed by atoms with E-state index < -0.39 is 23.9 Å². The number of halogens is 3. The molecule has 0 saturated heterocycles. The zero-order chi connectivity index (χ0) is 29.8. The number of hydrogen-bond donors (Lipinski definition) is 1. The first-order valence-corrected chi connectivity index (χ1v) is 15.8. The minimum absolute atomic E-state index is 0.00522. The Bertz CT molecular complexity index is 1120. The summed E-state index contributed by atoms with van der Waals surface area (Å²) >= 11 is 0. The molecule has 5 aliphatic carbocycles. The first kappa shape index (κ1) is 30.3. The molecule has 4 saturated carbocycles. The summed E-state index contributed by atoms with van der Waals surface area (Å²) in [4.78, 5) is 27.5. The molecule has 0 spiro atoms. The fourth-order valence-electron chi connectivity index (χ4n) is 11.5. The lowest BCUT2D eigenvalue weighted by Gasteiger charge is -2.72. The van der Waals surface area contributed by atoms with Crippen LogP contribution in [0.2, 0.25) is 0 Å². The molecule has 0 bridgehead atoms. The second-order valence-electron chi connectivity index (χ2n) is 16.2. The third kappa shape index (κ3) is 3.85. The van der Waals surface area contributed by atoms with E-state index in [0.717, 1.165) is 63.0 Å². The first-order chi connectivity index (χ1) is 18.3. The highest BCUT2D eigenvalue weighted by Gasteiger charge is 2.70. The molecule has 1 unspecified atom stereocenters. The average molecular weight is 565 g/mol. The van der Waals surface area contributed by atoms with Gasteiger partial charge in [0.15, 0.2) is 5.78 Å². The van der Waals surface area contributed by atoms with Crippen molar-refractivity contribution >= 4 is 11.6 Å². The molecule has 9 atom stereocenters. The molecule has 226 valence electrons. The van der Waals surface area contributed by atoms with Gasteiger partial charge in [-0.1, -0.05) is 55.4 Å². The zero-order valence-corrected chi connectivity index (χ0v) is 25.9. The largest absolute Gasteiger partial charge is 0.393 e. The Morgan fingerprint density at radius 1 is 0.900 bits per heavy atom. The standard InChI is InChI=1S/C34H51F3O3/c1-19(2)27-22(38)18-33(26(40)17-20(3)34(35,36)37)16-15-31(7)21(28(27)33)9-10-24-30(6)13-12-25(39)29(4,5)23(30)11-14-32(24,31)8/h19-21,23-25,39H,9-18H2,1-8H3/t20?,21-,23+,24-,25+,30+,31-,32-,33+/m1/s1. The molecule has 3 nitrogen and oxygen atoms in total. The topological polar surface area (TPSA) is 54.4 Å². The van der Waals surface area contributed by atoms with Crippen molar-refractivity contribution in [2.45, 2.75) is 132 Å². The molecule has 0 aromatic carbocycles. The van der Waals surface area contributed by atoms with Gasteiger partial charge in [0.2, 0.25) is 0 Å². The predicted octanol–water partition coefficient (Wildman–Crippen LogP) is 8.49. The number of Topliss-reactive ketones (excluding diaryl/α,β-unsaturated/α-hetero) is 2. The Morgan fingerprint density at radius 3 is 2.15 bits per heavy atom. The van der Waals surface area contributed by atoms with Crippen LogP contribution in [0.4, 0.5) is 13.2 Å². The minimum atomic E-state index is -4.43. The Kier molecular flexibility index (Phi) is 6.94. The van der Waals surface area contributed by atoms with Crippen LogP contribution in [-0.4, -0.2) is 29.0 Å². The van der Waals surface area contributed by atoms with Crippen molar-refractivity contribution in [1.29, 1.82) is 0 Å². The summed E-state index contributed by atoms with van der Waals surface area (Å²) in [5, 5.41) is 11.0. The molecular weight excluding hydrogens is 513 g/mol. The van der Waals surface area contributed by atoms with Gasteiger partial charge < -0.3 is 5.11 Å². The van der Waals surface area contributed by atoms with Crippen molar-refractivity contribution in [3.05, 3.63) is 11.1 Å². The number of carbonyl (C=O) groups is 2. The first-order valence-electron chi connectivity index (χ1n) is 15.8. The number of aliphatic hydroxyl groups is 1. The van der Waals surface area contributed by atoms with Crippen molar-refractivity contribution in [2.75, 3.05) is 0 Å². The van der Waals surface area contributed by atoms with Gasteiger partial charge in [0.25, 0.3) is 0 Å². The molecule has 4 fully saturated rings. The van der Waals surface area contributed by atoms with E-state index in [4.69, 9.17) is 0 Å². The maximum Gasteiger partial charge on any atom is 0.391 e. The monoisotopic (exact) mass is 564 g/mol. The molecule has 40 heavy (non-hydrogen) atoms. The quantitative estimate of drug-likeness (QED) is 0.373. The van der Waals surface area contributed by atoms with E-state index in [1.165, 1.54) is 0 Å². The summed E-state index contributed by atoms with van der Waals surface area (Å²) in [5.41, 5.74) is 0.442. The Hall–Kier alpha value is -1.17. The summed E-state index contributed by atoms with van der Waals surface area (Å²) in [6.45, 7) is 16.9. The van der Waals surface area contributed by atoms with Crippen molar-refractivity contribution in [1.82, 2.24) is 0 Å². The van der Waals surface area contributed by atoms with E-state index in [1.807, 2.05) is 13.8 Å². The van der Waals surface area contributed by atoms with Gasteiger partial charge >= 0.3 is 6.18 Å². The Morgan fingerprint density at radius 2 is 1.55 bits per heavy atom. The highest BCUT2D eigenvalue weighted by molar-refractivity contribution is 6.07. The third-order valence-electron chi connectivity index (χ3n) is 14.0. The van der Waals surface area contributed by atoms with Crippen LogP contribution in [0, 0.1) is 56.7 Å². The second kappa shape index (κ2) is 9.16. The van der Waals surface area contributed by atoms with Crippen molar-refractivity contribution in [3.63, 3.8) is 0 Å². The van der Waals surface area contributed by atoms with E-state index in [1.54, 1.807) is 0 Å². The van der Waals surface area contributed by atoms with Gasteiger partial charge in [0, 0.05) is 12.8 Å². The summed E-state index contributed by atoms with van der Waals surface area (Å²) in [6.07, 6.45) is 1.85. The summed E-state index contributed by atoms with van der Waals surface area (Å²) < 4.78 is 40.7. The fraction of sp³-hybridized carbons (Fsp3) is 0.882. The van der Waals surface area contributed by atoms with E-state index in [0.29, 0.717) is 18.3 Å². The molecular formula is C34H51F3O3. The molecule has 6 heteroatoms. The van der Waals surface area contributed by atoms with Crippen LogP contribution in [-0.2, 0) is 9.59 Å². The van der Waals surface area contributed by atoms with Crippen LogP contribution in [0.5, 0.6) is 0 Å². The van der Waals surface area contributed by atoms with E-state index in [-0.39, 0.29) is 57.6 Å². The number of aliphatic hydroxyl groups excluding tert-OH is 1. The zero-order valence-electron chi connectivity index (χ0n) is 25.9. The van der Waals surface area contributed by atoms with E-state index >= 15 is 0 Å². The number of rotatable bonds is 4. The average Bonchev–Trinajstić information content (AvgIpc) is 3.15. The molecule has 0 aromatic rings. The number of fused-ring (bicyclic) bond motifs is 7. The molecule has 0 aliphatic heterocycles. The van der Waals surface area contributed by atoms with Crippen LogP contribution >= 0.6 is 0 Å². The second-order valence-corrected chi connectivity index (χ2v) is 16.2. The van der Waals surface area contributed by atoms with Crippen LogP contribution in [0.3, 0.4) is 0 Å². The predicted molar refractivity (Wildman–Crippen MR) is 150 cm³/mol. The molecule has 0 radical (unpaired) electrons. The van der Waals surface area contributed by atoms with Gasteiger partial charge in [-0.15, -0.1) is 0 Å². The van der Waals surface area contributed by atoms with E-state index in [2.05, 4.69) is 34.6 Å². The molecule has 0 aromatic heterocycles. The van der Waals surface area contributed by atoms with Gasteiger partial charge in [0.1, 0.15) is 5.78 Å². The number of carbonyl (C=O) groups excluding carboxylic acids is 2. The normalized spacial score (nSPS) is 45.5. The summed E-state index contributed by atoms with van der Waals surface area (Å²) in [5.74, 6) is -1.21. The van der Waals surface area contributed by atoms with Gasteiger partial charge in [-0.3, -0.25) is 9.59 Å². The van der Waals surface area contributed by atoms with Crippen LogP contribution in [0.1, 0.15) is 120 Å². The summed E-state index contributed by atoms with van der Waals surface area (Å²) in [7, 11) is 0. The van der Waals surface area contributed by atoms with Gasteiger partial charge in [-0.25, -0.2) is 0 Å². The number of allylic oxidation sites excluding steroid dienone is 2. The van der Waals surface area contributed by atoms with Gasteiger partial charge in [-0.05, 0) is 108 Å². The number of hydrogen-bond acceptors (Lipinski definition) is 3. The van der Waals surface area contributed by atoms with Crippen molar-refractivity contribution < 1.29 is 27.9 Å². The highest BCUT2D eigenvalue weighted by Crippen LogP contribution is 2.76. The maximum atomic E-state index is 13.9. The smallest absolute Gasteiger partial charge is 0.391 e. The molecule has 5 aliphatic rings. The SMILES string of the molecule is CC(C)C1=C2[C@H]3CC[C@@H]4[C@@]5(C)CC[C@H](O)C(C)(C)[C@@H]5CC[C@@]4(C)[C@]3(C)CC[C@@]2(C(=O)CC(C)C(F)(F)F)CC1=O. The van der Waals surface area contributed by atoms with Crippen molar-refractivity contribution in [2.24, 2.45) is 56.7 Å². The molecule has 5 rings (SSSR count). The van der Waals surface area contributed by atoms with Crippen LogP contribution < -0.4 is 0 Å². The Labute approximate surface area is 239 Å². The molecule has 0 amide bonds. The molecule has 0 heterocycles. The lowest BCUT2D eigenvalue weighted by atomic mass is 9.33. The highest BCUT2D eigenvalue weighted by atomic mass is 19.4. The number of alkyl halides is 3. The van der Waals surface area contributed by atoms with Crippen LogP contribution in [0.25, 0.3) is 0 Å². The third-order valence-corrected chi connectivity index (χ3v) is 14.0.